The van der Waals surface area contributed by atoms with E-state index in [-0.39, 0.29) is 0 Å². The molecule has 4 aromatic heterocycles. The molecule has 0 N–H and O–H groups in total. The highest BCUT2D eigenvalue weighted by atomic mass is 32.1. The molecule has 0 aliphatic rings. The van der Waals surface area contributed by atoms with Crippen LogP contribution in [0.3, 0.4) is 0 Å². The molecule has 4 heterocycles. The minimum absolute atomic E-state index is 0.887. The largest absolute Gasteiger partial charge is 0.456 e. The van der Waals surface area contributed by atoms with Crippen molar-refractivity contribution in [1.82, 2.24) is 4.57 Å². The zero-order valence-electron chi connectivity index (χ0n) is 24.5. The van der Waals surface area contributed by atoms with Crippen LogP contribution in [0.15, 0.2) is 148 Å². The van der Waals surface area contributed by atoms with Crippen molar-refractivity contribution < 1.29 is 8.83 Å². The van der Waals surface area contributed by atoms with Gasteiger partial charge in [0.05, 0.1) is 11.0 Å². The number of rotatable bonds is 2. The van der Waals surface area contributed by atoms with Crippen LogP contribution >= 0.6 is 11.3 Å². The van der Waals surface area contributed by atoms with Gasteiger partial charge in [-0.3, -0.25) is 0 Å². The molecule has 11 aromatic rings. The van der Waals surface area contributed by atoms with Crippen molar-refractivity contribution in [3.8, 4) is 16.8 Å². The SMILES string of the molecule is c1ccc2c(c1)oc1ccc3c(c4ccccc4n3-c3ccc4oc5c(-c6cccc7sc8ccccc8c67)cccc5c4c3)c12. The summed E-state index contributed by atoms with van der Waals surface area (Å²) < 4.78 is 18.0. The number of thiophene rings is 1. The average molecular weight is 606 g/mol. The first-order valence-electron chi connectivity index (χ1n) is 15.5. The molecule has 214 valence electrons. The molecule has 0 atom stereocenters. The molecule has 11 rings (SSSR count). The van der Waals surface area contributed by atoms with E-state index in [9.17, 15) is 0 Å². The van der Waals surface area contributed by atoms with Gasteiger partial charge >= 0.3 is 0 Å². The summed E-state index contributed by atoms with van der Waals surface area (Å²) in [4.78, 5) is 0. The van der Waals surface area contributed by atoms with Gasteiger partial charge < -0.3 is 13.4 Å². The minimum Gasteiger partial charge on any atom is -0.456 e. The third-order valence-electron chi connectivity index (χ3n) is 9.61. The highest BCUT2D eigenvalue weighted by molar-refractivity contribution is 7.25. The van der Waals surface area contributed by atoms with Gasteiger partial charge in [0.1, 0.15) is 22.3 Å². The van der Waals surface area contributed by atoms with Crippen LogP contribution in [0.25, 0.3) is 103 Å². The average Bonchev–Trinajstić information content (AvgIpc) is 3.86. The molecule has 0 spiro atoms. The van der Waals surface area contributed by atoms with Gasteiger partial charge in [0.25, 0.3) is 0 Å². The van der Waals surface area contributed by atoms with Gasteiger partial charge in [-0.15, -0.1) is 11.3 Å². The van der Waals surface area contributed by atoms with Crippen molar-refractivity contribution in [3.63, 3.8) is 0 Å². The van der Waals surface area contributed by atoms with E-state index < -0.39 is 0 Å². The quantitative estimate of drug-likeness (QED) is 0.196. The number of benzene rings is 7. The number of hydrogen-bond acceptors (Lipinski definition) is 3. The van der Waals surface area contributed by atoms with Crippen LogP contribution in [-0.2, 0) is 0 Å². The lowest BCUT2D eigenvalue weighted by molar-refractivity contribution is 0.669. The lowest BCUT2D eigenvalue weighted by atomic mass is 9.97. The van der Waals surface area contributed by atoms with Crippen LogP contribution in [0, 0.1) is 0 Å². The fourth-order valence-electron chi connectivity index (χ4n) is 7.69. The third kappa shape index (κ3) is 3.16. The second-order valence-electron chi connectivity index (χ2n) is 12.0. The molecule has 0 aliphatic carbocycles. The van der Waals surface area contributed by atoms with E-state index in [4.69, 9.17) is 8.83 Å². The molecule has 0 bridgehead atoms. The summed E-state index contributed by atoms with van der Waals surface area (Å²) in [6, 6.07) is 49.8. The maximum absolute atomic E-state index is 6.70. The molecule has 0 radical (unpaired) electrons. The smallest absolute Gasteiger partial charge is 0.143 e. The molecule has 0 aliphatic heterocycles. The van der Waals surface area contributed by atoms with Gasteiger partial charge in [-0.25, -0.2) is 0 Å². The van der Waals surface area contributed by atoms with Gasteiger partial charge in [0, 0.05) is 63.7 Å². The number of furan rings is 2. The highest BCUT2D eigenvalue weighted by Gasteiger charge is 2.20. The van der Waals surface area contributed by atoms with Crippen LogP contribution in [0.2, 0.25) is 0 Å². The van der Waals surface area contributed by atoms with Gasteiger partial charge in [0.2, 0.25) is 0 Å². The topological polar surface area (TPSA) is 31.2 Å². The fraction of sp³-hybridized carbons (Fsp3) is 0. The second-order valence-corrected chi connectivity index (χ2v) is 13.1. The molecule has 0 saturated carbocycles. The molecule has 0 amide bonds. The van der Waals surface area contributed by atoms with Crippen molar-refractivity contribution in [3.05, 3.63) is 140 Å². The summed E-state index contributed by atoms with van der Waals surface area (Å²) >= 11 is 1.85. The molecular formula is C42H23NO2S. The Balaban J connectivity index is 1.19. The van der Waals surface area contributed by atoms with E-state index in [0.717, 1.165) is 60.6 Å². The van der Waals surface area contributed by atoms with Gasteiger partial charge in [-0.05, 0) is 60.2 Å². The predicted molar refractivity (Wildman–Crippen MR) is 194 cm³/mol. The Hall–Kier alpha value is -5.84. The maximum atomic E-state index is 6.70. The van der Waals surface area contributed by atoms with Crippen molar-refractivity contribution in [2.24, 2.45) is 0 Å². The zero-order chi connectivity index (χ0) is 29.9. The molecule has 7 aromatic carbocycles. The first kappa shape index (κ1) is 24.5. The Labute approximate surface area is 266 Å². The number of nitrogens with zero attached hydrogens (tertiary/aromatic N) is 1. The van der Waals surface area contributed by atoms with Gasteiger partial charge in [-0.1, -0.05) is 84.9 Å². The van der Waals surface area contributed by atoms with E-state index in [0.29, 0.717) is 0 Å². The van der Waals surface area contributed by atoms with Crippen LogP contribution in [0.4, 0.5) is 0 Å². The van der Waals surface area contributed by atoms with Crippen molar-refractivity contribution in [1.29, 1.82) is 0 Å². The molecule has 4 heteroatoms. The summed E-state index contributed by atoms with van der Waals surface area (Å²) in [6.45, 7) is 0. The van der Waals surface area contributed by atoms with E-state index in [1.807, 2.05) is 23.5 Å². The third-order valence-corrected chi connectivity index (χ3v) is 10.7. The van der Waals surface area contributed by atoms with E-state index >= 15 is 0 Å². The van der Waals surface area contributed by atoms with Crippen molar-refractivity contribution >= 4 is 97.2 Å². The fourth-order valence-corrected chi connectivity index (χ4v) is 8.82. The number of hydrogen-bond donors (Lipinski definition) is 0. The molecular weight excluding hydrogens is 583 g/mol. The summed E-state index contributed by atoms with van der Waals surface area (Å²) in [6.07, 6.45) is 0. The normalized spacial score (nSPS) is 12.3. The predicted octanol–water partition coefficient (Wildman–Crippen LogP) is 12.6. The Morgan fingerprint density at radius 1 is 0.413 bits per heavy atom. The lowest BCUT2D eigenvalue weighted by Gasteiger charge is -2.08. The van der Waals surface area contributed by atoms with Gasteiger partial charge in [-0.2, -0.15) is 0 Å². The van der Waals surface area contributed by atoms with Crippen LogP contribution in [0.1, 0.15) is 0 Å². The number of fused-ring (bicyclic) bond motifs is 13. The number of aromatic nitrogens is 1. The highest BCUT2D eigenvalue weighted by Crippen LogP contribution is 2.45. The first-order chi connectivity index (χ1) is 22.8. The van der Waals surface area contributed by atoms with E-state index in [1.54, 1.807) is 0 Å². The van der Waals surface area contributed by atoms with Crippen LogP contribution < -0.4 is 0 Å². The monoisotopic (exact) mass is 605 g/mol. The summed E-state index contributed by atoms with van der Waals surface area (Å²) in [5, 5.41) is 9.55. The Bertz CT molecular complexity index is 3040. The summed E-state index contributed by atoms with van der Waals surface area (Å²) in [5.41, 5.74) is 9.38. The molecule has 0 unspecified atom stereocenters. The molecule has 0 fully saturated rings. The number of para-hydroxylation sites is 3. The molecule has 0 saturated heterocycles. The summed E-state index contributed by atoms with van der Waals surface area (Å²) in [7, 11) is 0. The zero-order valence-corrected chi connectivity index (χ0v) is 25.3. The maximum Gasteiger partial charge on any atom is 0.143 e. The van der Waals surface area contributed by atoms with Gasteiger partial charge in [0.15, 0.2) is 0 Å². The summed E-state index contributed by atoms with van der Waals surface area (Å²) in [5.74, 6) is 0. The van der Waals surface area contributed by atoms with Crippen LogP contribution in [-0.4, -0.2) is 4.57 Å². The lowest BCUT2D eigenvalue weighted by Crippen LogP contribution is -1.93. The minimum atomic E-state index is 0.887. The Morgan fingerprint density at radius 3 is 2.09 bits per heavy atom. The van der Waals surface area contributed by atoms with E-state index in [2.05, 4.69) is 132 Å². The Morgan fingerprint density at radius 2 is 1.13 bits per heavy atom. The van der Waals surface area contributed by atoms with E-state index in [1.165, 1.54) is 42.0 Å². The van der Waals surface area contributed by atoms with Crippen LogP contribution in [0.5, 0.6) is 0 Å². The van der Waals surface area contributed by atoms with Crippen molar-refractivity contribution in [2.75, 3.05) is 0 Å². The molecule has 3 nitrogen and oxygen atoms in total. The first-order valence-corrected chi connectivity index (χ1v) is 16.3. The van der Waals surface area contributed by atoms with Crippen molar-refractivity contribution in [2.45, 2.75) is 0 Å². The molecule has 46 heavy (non-hydrogen) atoms. The Kier molecular flexibility index (Phi) is 4.72. The standard InChI is InChI=1S/C42H23NO2S/c1-4-15-32-28(9-1)40-33(20-22-36-41(40)29-10-2-5-16-34(29)44-36)43(32)24-19-21-35-31(23-24)27-14-7-13-26(42(27)45-35)25-12-8-18-38-39(25)30-11-3-6-17-37(30)46-38/h1-23H. The second kappa shape index (κ2) is 8.87.